The summed E-state index contributed by atoms with van der Waals surface area (Å²) in [7, 11) is 5.27. The summed E-state index contributed by atoms with van der Waals surface area (Å²) < 4.78 is 7.74. The molecule has 45 heavy (non-hydrogen) atoms. The number of pyridine rings is 1. The molecular weight excluding hydrogens is 570 g/mol. The van der Waals surface area contributed by atoms with Crippen LogP contribution >= 0.6 is 0 Å². The minimum atomic E-state index is -0.400. The van der Waals surface area contributed by atoms with E-state index in [-0.39, 0.29) is 18.1 Å². The number of nitrogens with zero attached hydrogens (tertiary/aromatic N) is 7. The maximum Gasteiger partial charge on any atom is 0.323 e. The average Bonchev–Trinajstić information content (AvgIpc) is 3.46. The highest BCUT2D eigenvalue weighted by Crippen LogP contribution is 2.31. The number of aryl methyl sites for hydroxylation is 1. The number of hydrogen-bond donors (Lipinski definition) is 2. The van der Waals surface area contributed by atoms with Gasteiger partial charge in [0.1, 0.15) is 5.52 Å². The monoisotopic (exact) mass is 605 g/mol. The van der Waals surface area contributed by atoms with Crippen LogP contribution in [-0.2, 0) is 11.8 Å². The molecule has 5 aromatic rings. The summed E-state index contributed by atoms with van der Waals surface area (Å²) in [4.78, 5) is 43.3. The first-order valence-electron chi connectivity index (χ1n) is 14.7. The summed E-state index contributed by atoms with van der Waals surface area (Å²) in [6.45, 7) is 5.50. The summed E-state index contributed by atoms with van der Waals surface area (Å²) in [5.74, 6) is 1.21. The molecule has 0 spiro atoms. The SMILES string of the molecule is CC1CN(c2nc(-c3ccc(NC(=O)Nc4ccc(C(=O)N(C)C)cc4)cc3)nc3cc(-c4cnn(C)c4)cnc23)CC(C)O1. The summed E-state index contributed by atoms with van der Waals surface area (Å²) in [5, 5.41) is 9.94. The smallest absolute Gasteiger partial charge is 0.323 e. The minimum Gasteiger partial charge on any atom is -0.372 e. The fourth-order valence-corrected chi connectivity index (χ4v) is 5.38. The Labute approximate surface area is 261 Å². The van der Waals surface area contributed by atoms with Crippen LogP contribution in [0.5, 0.6) is 0 Å². The van der Waals surface area contributed by atoms with Gasteiger partial charge in [0, 0.05) is 80.3 Å². The van der Waals surface area contributed by atoms with Crippen molar-refractivity contribution in [3.63, 3.8) is 0 Å². The van der Waals surface area contributed by atoms with Gasteiger partial charge < -0.3 is 25.2 Å². The van der Waals surface area contributed by atoms with Gasteiger partial charge >= 0.3 is 6.03 Å². The number of morpholine rings is 1. The molecule has 1 aliphatic heterocycles. The van der Waals surface area contributed by atoms with Crippen LogP contribution in [0.4, 0.5) is 22.0 Å². The number of urea groups is 1. The van der Waals surface area contributed by atoms with Crippen molar-refractivity contribution in [2.75, 3.05) is 42.7 Å². The van der Waals surface area contributed by atoms with Crippen molar-refractivity contribution in [3.8, 4) is 22.5 Å². The van der Waals surface area contributed by atoms with Crippen molar-refractivity contribution in [2.24, 2.45) is 7.05 Å². The predicted molar refractivity (Wildman–Crippen MR) is 174 cm³/mol. The van der Waals surface area contributed by atoms with Gasteiger partial charge in [-0.2, -0.15) is 5.10 Å². The normalized spacial score (nSPS) is 16.4. The summed E-state index contributed by atoms with van der Waals surface area (Å²) in [6, 6.07) is 15.7. The van der Waals surface area contributed by atoms with Crippen molar-refractivity contribution >= 4 is 40.2 Å². The Morgan fingerprint density at radius 1 is 0.867 bits per heavy atom. The lowest BCUT2D eigenvalue weighted by Gasteiger charge is -2.36. The standard InChI is InChI=1S/C33H35N9O3/c1-20-17-42(18-21(2)45-20)31-29-28(14-24(15-34-29)25-16-35-41(5)19-25)38-30(39-31)22-6-10-26(11-7-22)36-33(44)37-27-12-8-23(9-13-27)32(43)40(3)4/h6-16,19-21H,17-18H2,1-5H3,(H2,36,37,44). The number of hydrogen-bond acceptors (Lipinski definition) is 8. The van der Waals surface area contributed by atoms with Gasteiger partial charge in [0.05, 0.1) is 23.9 Å². The van der Waals surface area contributed by atoms with Crippen LogP contribution in [-0.4, -0.2) is 81.0 Å². The van der Waals surface area contributed by atoms with Crippen LogP contribution in [0, 0.1) is 0 Å². The van der Waals surface area contributed by atoms with E-state index in [1.54, 1.807) is 49.2 Å². The molecule has 230 valence electrons. The molecule has 3 aromatic heterocycles. The van der Waals surface area contributed by atoms with Crippen molar-refractivity contribution in [3.05, 3.63) is 78.8 Å². The molecule has 12 nitrogen and oxygen atoms in total. The van der Waals surface area contributed by atoms with E-state index in [0.29, 0.717) is 35.9 Å². The van der Waals surface area contributed by atoms with Crippen LogP contribution in [0.1, 0.15) is 24.2 Å². The predicted octanol–water partition coefficient (Wildman–Crippen LogP) is 5.05. The molecular formula is C33H35N9O3. The summed E-state index contributed by atoms with van der Waals surface area (Å²) in [5.41, 5.74) is 5.84. The molecule has 3 amide bonds. The third-order valence-electron chi connectivity index (χ3n) is 7.47. The van der Waals surface area contributed by atoms with Gasteiger partial charge in [-0.1, -0.05) is 0 Å². The highest BCUT2D eigenvalue weighted by atomic mass is 16.5. The van der Waals surface area contributed by atoms with Gasteiger partial charge in [0.15, 0.2) is 11.6 Å². The third kappa shape index (κ3) is 6.60. The molecule has 2 aromatic carbocycles. The molecule has 2 N–H and O–H groups in total. The van der Waals surface area contributed by atoms with E-state index >= 15 is 0 Å². The Bertz CT molecular complexity index is 1840. The maximum absolute atomic E-state index is 12.7. The Balaban J connectivity index is 1.25. The van der Waals surface area contributed by atoms with Gasteiger partial charge in [-0.25, -0.2) is 14.8 Å². The summed E-state index contributed by atoms with van der Waals surface area (Å²) >= 11 is 0. The molecule has 2 unspecified atom stereocenters. The topological polar surface area (TPSA) is 130 Å². The first kappa shape index (κ1) is 29.7. The molecule has 1 saturated heterocycles. The van der Waals surface area contributed by atoms with E-state index in [1.807, 2.05) is 49.8 Å². The molecule has 0 saturated carbocycles. The Morgan fingerprint density at radius 3 is 2.11 bits per heavy atom. The lowest BCUT2D eigenvalue weighted by atomic mass is 10.1. The molecule has 0 bridgehead atoms. The number of anilines is 3. The number of benzene rings is 2. The highest BCUT2D eigenvalue weighted by molar-refractivity contribution is 6.00. The van der Waals surface area contributed by atoms with Gasteiger partial charge in [0.2, 0.25) is 0 Å². The van der Waals surface area contributed by atoms with Crippen LogP contribution in [0.2, 0.25) is 0 Å². The van der Waals surface area contributed by atoms with Crippen LogP contribution < -0.4 is 15.5 Å². The van der Waals surface area contributed by atoms with Gasteiger partial charge in [-0.3, -0.25) is 14.5 Å². The fourth-order valence-electron chi connectivity index (χ4n) is 5.38. The quantitative estimate of drug-likeness (QED) is 0.275. The number of fused-ring (bicyclic) bond motifs is 1. The number of amides is 3. The Kier molecular flexibility index (Phi) is 8.14. The molecule has 1 fully saturated rings. The second kappa shape index (κ2) is 12.3. The largest absolute Gasteiger partial charge is 0.372 e. The van der Waals surface area contributed by atoms with Crippen LogP contribution in [0.3, 0.4) is 0 Å². The second-order valence-electron chi connectivity index (χ2n) is 11.5. The van der Waals surface area contributed by atoms with E-state index in [9.17, 15) is 9.59 Å². The second-order valence-corrected chi connectivity index (χ2v) is 11.5. The minimum absolute atomic E-state index is 0.0480. The number of aromatic nitrogens is 5. The zero-order chi connectivity index (χ0) is 31.7. The number of nitrogens with one attached hydrogen (secondary N) is 2. The zero-order valence-corrected chi connectivity index (χ0v) is 25.9. The molecule has 1 aliphatic rings. The molecule has 2 atom stereocenters. The molecule has 6 rings (SSSR count). The molecule has 4 heterocycles. The lowest BCUT2D eigenvalue weighted by molar-refractivity contribution is -0.00538. The zero-order valence-electron chi connectivity index (χ0n) is 25.9. The van der Waals surface area contributed by atoms with E-state index in [0.717, 1.165) is 33.5 Å². The average molecular weight is 606 g/mol. The van der Waals surface area contributed by atoms with E-state index in [2.05, 4.69) is 34.5 Å². The van der Waals surface area contributed by atoms with Gasteiger partial charge in [-0.05, 0) is 68.4 Å². The van der Waals surface area contributed by atoms with E-state index < -0.39 is 6.03 Å². The highest BCUT2D eigenvalue weighted by Gasteiger charge is 2.26. The summed E-state index contributed by atoms with van der Waals surface area (Å²) in [6.07, 6.45) is 5.68. The van der Waals surface area contributed by atoms with E-state index in [4.69, 9.17) is 19.7 Å². The van der Waals surface area contributed by atoms with Crippen molar-refractivity contribution in [2.45, 2.75) is 26.1 Å². The van der Waals surface area contributed by atoms with E-state index in [1.165, 1.54) is 4.90 Å². The van der Waals surface area contributed by atoms with Gasteiger partial charge in [-0.15, -0.1) is 0 Å². The van der Waals surface area contributed by atoms with Crippen molar-refractivity contribution < 1.29 is 14.3 Å². The van der Waals surface area contributed by atoms with Crippen LogP contribution in [0.25, 0.3) is 33.5 Å². The number of ether oxygens (including phenoxy) is 1. The number of carbonyl (C=O) groups excluding carboxylic acids is 2. The van der Waals surface area contributed by atoms with Gasteiger partial charge in [0.25, 0.3) is 5.91 Å². The fraction of sp³-hybridized carbons (Fsp3) is 0.273. The Morgan fingerprint density at radius 2 is 1.51 bits per heavy atom. The molecule has 12 heteroatoms. The first-order chi connectivity index (χ1) is 21.6. The molecule has 0 aliphatic carbocycles. The van der Waals surface area contributed by atoms with Crippen LogP contribution in [0.15, 0.2) is 73.2 Å². The lowest BCUT2D eigenvalue weighted by Crippen LogP contribution is -2.46. The maximum atomic E-state index is 12.7. The first-order valence-corrected chi connectivity index (χ1v) is 14.7. The number of rotatable bonds is 6. The Hall–Kier alpha value is -5.36. The molecule has 0 radical (unpaired) electrons. The van der Waals surface area contributed by atoms with Crippen molar-refractivity contribution in [1.29, 1.82) is 0 Å². The third-order valence-corrected chi connectivity index (χ3v) is 7.47. The number of carbonyl (C=O) groups is 2. The van der Waals surface area contributed by atoms with Crippen molar-refractivity contribution in [1.82, 2.24) is 29.6 Å².